The van der Waals surface area contributed by atoms with Gasteiger partial charge in [0.2, 0.25) is 0 Å². The molecule has 0 unspecified atom stereocenters. The second-order valence-electron chi connectivity index (χ2n) is 3.68. The molecular weight excluding hydrogens is 192 g/mol. The number of ether oxygens (including phenoxy) is 1. The molecule has 0 fully saturated rings. The smallest absolute Gasteiger partial charge is 0.138 e. The Hall–Kier alpha value is -0.870. The van der Waals surface area contributed by atoms with Gasteiger partial charge in [0, 0.05) is 25.8 Å². The van der Waals surface area contributed by atoms with E-state index in [1.807, 2.05) is 13.8 Å². The van der Waals surface area contributed by atoms with Crippen molar-refractivity contribution in [3.8, 4) is 0 Å². The number of hydrogen-bond donors (Lipinski definition) is 1. The largest absolute Gasteiger partial charge is 0.385 e. The molecule has 1 N–H and O–H groups in total. The van der Waals surface area contributed by atoms with Crippen molar-refractivity contribution < 1.29 is 9.26 Å². The van der Waals surface area contributed by atoms with E-state index < -0.39 is 0 Å². The zero-order chi connectivity index (χ0) is 11.1. The van der Waals surface area contributed by atoms with Crippen LogP contribution >= 0.6 is 0 Å². The average Bonchev–Trinajstić information content (AvgIpc) is 2.54. The molecule has 1 heterocycles. The standard InChI is InChI=1S/C11H20N2O2/c1-9-11(10(2)15-13-9)8-12-6-4-5-7-14-3/h12H,4-8H2,1-3H3. The highest BCUT2D eigenvalue weighted by atomic mass is 16.5. The van der Waals surface area contributed by atoms with Crippen LogP contribution < -0.4 is 5.32 Å². The number of unbranched alkanes of at least 4 members (excludes halogenated alkanes) is 1. The van der Waals surface area contributed by atoms with Crippen LogP contribution in [0.4, 0.5) is 0 Å². The fourth-order valence-corrected chi connectivity index (χ4v) is 1.46. The molecule has 0 aliphatic carbocycles. The Morgan fingerprint density at radius 1 is 1.33 bits per heavy atom. The highest BCUT2D eigenvalue weighted by Gasteiger charge is 2.07. The molecule has 0 bridgehead atoms. The van der Waals surface area contributed by atoms with E-state index in [0.29, 0.717) is 0 Å². The number of nitrogens with zero attached hydrogens (tertiary/aromatic N) is 1. The van der Waals surface area contributed by atoms with Crippen molar-refractivity contribution >= 4 is 0 Å². The molecule has 0 aliphatic rings. The van der Waals surface area contributed by atoms with Gasteiger partial charge >= 0.3 is 0 Å². The average molecular weight is 212 g/mol. The zero-order valence-electron chi connectivity index (χ0n) is 9.80. The fraction of sp³-hybridized carbons (Fsp3) is 0.727. The molecule has 1 aromatic rings. The first kappa shape index (κ1) is 12.2. The van der Waals surface area contributed by atoms with Gasteiger partial charge in [0.05, 0.1) is 5.69 Å². The van der Waals surface area contributed by atoms with Crippen molar-refractivity contribution in [2.24, 2.45) is 0 Å². The minimum atomic E-state index is 0.840. The SMILES string of the molecule is COCCCCNCc1c(C)noc1C. The summed E-state index contributed by atoms with van der Waals surface area (Å²) in [7, 11) is 1.73. The van der Waals surface area contributed by atoms with Crippen molar-refractivity contribution in [3.05, 3.63) is 17.0 Å². The van der Waals surface area contributed by atoms with Gasteiger partial charge in [-0.2, -0.15) is 0 Å². The zero-order valence-corrected chi connectivity index (χ0v) is 9.80. The molecule has 4 heteroatoms. The summed E-state index contributed by atoms with van der Waals surface area (Å²) in [5.41, 5.74) is 2.17. The Morgan fingerprint density at radius 3 is 2.73 bits per heavy atom. The van der Waals surface area contributed by atoms with Gasteiger partial charge in [-0.05, 0) is 33.2 Å². The van der Waals surface area contributed by atoms with Gasteiger partial charge in [0.25, 0.3) is 0 Å². The number of hydrogen-bond acceptors (Lipinski definition) is 4. The molecule has 86 valence electrons. The first-order valence-electron chi connectivity index (χ1n) is 5.37. The molecule has 0 saturated carbocycles. The van der Waals surface area contributed by atoms with Gasteiger partial charge in [-0.25, -0.2) is 0 Å². The Bertz CT molecular complexity index is 265. The van der Waals surface area contributed by atoms with Gasteiger partial charge in [-0.15, -0.1) is 0 Å². The Kier molecular flexibility index (Phi) is 5.36. The van der Waals surface area contributed by atoms with Gasteiger partial charge in [-0.3, -0.25) is 0 Å². The summed E-state index contributed by atoms with van der Waals surface area (Å²) < 4.78 is 10.1. The van der Waals surface area contributed by atoms with Gasteiger partial charge < -0.3 is 14.6 Å². The second kappa shape index (κ2) is 6.58. The number of methoxy groups -OCH3 is 1. The van der Waals surface area contributed by atoms with Crippen molar-refractivity contribution in [1.29, 1.82) is 0 Å². The summed E-state index contributed by atoms with van der Waals surface area (Å²) in [5.74, 6) is 0.914. The second-order valence-corrected chi connectivity index (χ2v) is 3.68. The van der Waals surface area contributed by atoms with E-state index in [2.05, 4.69) is 10.5 Å². The molecule has 0 amide bonds. The molecule has 0 atom stereocenters. The first-order chi connectivity index (χ1) is 7.25. The van der Waals surface area contributed by atoms with Gasteiger partial charge in [0.1, 0.15) is 5.76 Å². The predicted molar refractivity (Wildman–Crippen MR) is 58.8 cm³/mol. The Balaban J connectivity index is 2.15. The monoisotopic (exact) mass is 212 g/mol. The molecular formula is C11H20N2O2. The summed E-state index contributed by atoms with van der Waals surface area (Å²) in [6.07, 6.45) is 2.24. The number of nitrogens with one attached hydrogen (secondary N) is 1. The fourth-order valence-electron chi connectivity index (χ4n) is 1.46. The minimum Gasteiger partial charge on any atom is -0.385 e. The lowest BCUT2D eigenvalue weighted by Crippen LogP contribution is -2.15. The molecule has 1 aromatic heterocycles. The third-order valence-electron chi connectivity index (χ3n) is 2.44. The predicted octanol–water partition coefficient (Wildman–Crippen LogP) is 1.81. The first-order valence-corrected chi connectivity index (χ1v) is 5.37. The maximum atomic E-state index is 5.08. The maximum absolute atomic E-state index is 5.08. The quantitative estimate of drug-likeness (QED) is 0.700. The lowest BCUT2D eigenvalue weighted by atomic mass is 10.2. The van der Waals surface area contributed by atoms with E-state index in [-0.39, 0.29) is 0 Å². The topological polar surface area (TPSA) is 47.3 Å². The van der Waals surface area contributed by atoms with Crippen LogP contribution in [-0.4, -0.2) is 25.4 Å². The summed E-state index contributed by atoms with van der Waals surface area (Å²) in [5, 5.41) is 7.28. The minimum absolute atomic E-state index is 0.840. The van der Waals surface area contributed by atoms with Crippen LogP contribution in [-0.2, 0) is 11.3 Å². The van der Waals surface area contributed by atoms with Crippen molar-refractivity contribution in [3.63, 3.8) is 0 Å². The molecule has 0 saturated heterocycles. The molecule has 0 aromatic carbocycles. The summed E-state index contributed by atoms with van der Waals surface area (Å²) in [4.78, 5) is 0. The van der Waals surface area contributed by atoms with Crippen molar-refractivity contribution in [2.75, 3.05) is 20.3 Å². The highest BCUT2D eigenvalue weighted by molar-refractivity contribution is 5.20. The normalized spacial score (nSPS) is 10.9. The Morgan fingerprint density at radius 2 is 2.13 bits per heavy atom. The summed E-state index contributed by atoms with van der Waals surface area (Å²) >= 11 is 0. The number of aromatic nitrogens is 1. The van der Waals surface area contributed by atoms with Crippen LogP contribution in [0, 0.1) is 13.8 Å². The van der Waals surface area contributed by atoms with E-state index in [1.54, 1.807) is 7.11 Å². The van der Waals surface area contributed by atoms with Crippen LogP contribution in [0.25, 0.3) is 0 Å². The lowest BCUT2D eigenvalue weighted by Gasteiger charge is -2.03. The van der Waals surface area contributed by atoms with E-state index in [1.165, 1.54) is 5.56 Å². The molecule has 4 nitrogen and oxygen atoms in total. The van der Waals surface area contributed by atoms with E-state index in [0.717, 1.165) is 44.0 Å². The van der Waals surface area contributed by atoms with E-state index in [9.17, 15) is 0 Å². The van der Waals surface area contributed by atoms with Crippen molar-refractivity contribution in [1.82, 2.24) is 10.5 Å². The van der Waals surface area contributed by atoms with Crippen LogP contribution in [0.15, 0.2) is 4.52 Å². The summed E-state index contributed by atoms with van der Waals surface area (Å²) in [6.45, 7) is 6.61. The highest BCUT2D eigenvalue weighted by Crippen LogP contribution is 2.11. The van der Waals surface area contributed by atoms with Crippen LogP contribution in [0.5, 0.6) is 0 Å². The Labute approximate surface area is 91.0 Å². The summed E-state index contributed by atoms with van der Waals surface area (Å²) in [6, 6.07) is 0. The van der Waals surface area contributed by atoms with Crippen LogP contribution in [0.1, 0.15) is 29.9 Å². The lowest BCUT2D eigenvalue weighted by molar-refractivity contribution is 0.192. The molecule has 0 spiro atoms. The molecule has 0 aliphatic heterocycles. The number of rotatable bonds is 7. The molecule has 15 heavy (non-hydrogen) atoms. The molecule has 0 radical (unpaired) electrons. The third kappa shape index (κ3) is 4.01. The third-order valence-corrected chi connectivity index (χ3v) is 2.44. The van der Waals surface area contributed by atoms with Crippen LogP contribution in [0.2, 0.25) is 0 Å². The van der Waals surface area contributed by atoms with E-state index in [4.69, 9.17) is 9.26 Å². The van der Waals surface area contributed by atoms with Gasteiger partial charge in [-0.1, -0.05) is 5.16 Å². The van der Waals surface area contributed by atoms with Crippen LogP contribution in [0.3, 0.4) is 0 Å². The molecule has 1 rings (SSSR count). The van der Waals surface area contributed by atoms with Crippen molar-refractivity contribution in [2.45, 2.75) is 33.2 Å². The van der Waals surface area contributed by atoms with Gasteiger partial charge in [0.15, 0.2) is 0 Å². The van der Waals surface area contributed by atoms with E-state index >= 15 is 0 Å². The maximum Gasteiger partial charge on any atom is 0.138 e. The number of aryl methyl sites for hydroxylation is 2.